The van der Waals surface area contributed by atoms with Crippen LogP contribution in [0.4, 0.5) is 0 Å². The highest BCUT2D eigenvalue weighted by atomic mass is 16.5. The predicted octanol–water partition coefficient (Wildman–Crippen LogP) is 2.76. The van der Waals surface area contributed by atoms with Crippen LogP contribution in [0, 0.1) is 10.8 Å². The Morgan fingerprint density at radius 2 is 1.93 bits per heavy atom. The van der Waals surface area contributed by atoms with E-state index >= 15 is 0 Å². The van der Waals surface area contributed by atoms with E-state index in [-0.39, 0.29) is 5.41 Å². The molecule has 0 aromatic carbocycles. The number of ether oxygens (including phenoxy) is 1. The molecule has 0 fully saturated rings. The fraction of sp³-hybridized carbons (Fsp3) is 0.917. The van der Waals surface area contributed by atoms with Gasteiger partial charge in [-0.2, -0.15) is 0 Å². The van der Waals surface area contributed by atoms with Gasteiger partial charge < -0.3 is 9.64 Å². The van der Waals surface area contributed by atoms with Gasteiger partial charge in [0.05, 0.1) is 6.61 Å². The van der Waals surface area contributed by atoms with Crippen LogP contribution >= 0.6 is 0 Å². The minimum atomic E-state index is -0.0861. The van der Waals surface area contributed by atoms with Gasteiger partial charge in [0, 0.05) is 25.1 Å². The van der Waals surface area contributed by atoms with Crippen LogP contribution in [0.2, 0.25) is 0 Å². The van der Waals surface area contributed by atoms with Crippen molar-refractivity contribution >= 4 is 5.84 Å². The minimum absolute atomic E-state index is 0.0861. The van der Waals surface area contributed by atoms with E-state index in [1.807, 2.05) is 0 Å². The van der Waals surface area contributed by atoms with Crippen molar-refractivity contribution in [1.29, 1.82) is 5.41 Å². The van der Waals surface area contributed by atoms with Crippen molar-refractivity contribution in [3.63, 3.8) is 0 Å². The molecule has 90 valence electrons. The predicted molar refractivity (Wildman–Crippen MR) is 65.5 cm³/mol. The summed E-state index contributed by atoms with van der Waals surface area (Å²) in [6.07, 6.45) is 1.06. The standard InChI is InChI=1S/C12H26N2O/c1-7-10(2)14(8-9-15-6)11(13)12(3,4)5/h10,13H,7-9H2,1-6H3. The molecular formula is C12H26N2O. The molecule has 0 heterocycles. The van der Waals surface area contributed by atoms with Gasteiger partial charge in [-0.15, -0.1) is 0 Å². The Kier molecular flexibility index (Phi) is 5.88. The van der Waals surface area contributed by atoms with E-state index < -0.39 is 0 Å². The molecule has 0 spiro atoms. The zero-order valence-electron chi connectivity index (χ0n) is 11.1. The van der Waals surface area contributed by atoms with Crippen LogP contribution < -0.4 is 0 Å². The van der Waals surface area contributed by atoms with Gasteiger partial charge in [0.15, 0.2) is 0 Å². The molecule has 1 unspecified atom stereocenters. The first-order chi connectivity index (χ1) is 6.84. The second-order valence-electron chi connectivity index (χ2n) is 5.04. The Bertz CT molecular complexity index is 196. The summed E-state index contributed by atoms with van der Waals surface area (Å²) in [5.74, 6) is 0.703. The molecule has 0 bridgehead atoms. The van der Waals surface area contributed by atoms with E-state index in [0.717, 1.165) is 13.0 Å². The summed E-state index contributed by atoms with van der Waals surface area (Å²) in [6.45, 7) is 12.0. The molecule has 0 aliphatic rings. The quantitative estimate of drug-likeness (QED) is 0.564. The molecule has 0 rings (SSSR count). The molecule has 0 radical (unpaired) electrons. The highest BCUT2D eigenvalue weighted by Crippen LogP contribution is 2.20. The fourth-order valence-electron chi connectivity index (χ4n) is 1.39. The maximum absolute atomic E-state index is 8.18. The fourth-order valence-corrected chi connectivity index (χ4v) is 1.39. The number of amidine groups is 1. The maximum Gasteiger partial charge on any atom is 0.102 e. The van der Waals surface area contributed by atoms with Crippen LogP contribution in [0.15, 0.2) is 0 Å². The van der Waals surface area contributed by atoms with Crippen LogP contribution in [-0.2, 0) is 4.74 Å². The number of hydrogen-bond donors (Lipinski definition) is 1. The Balaban J connectivity index is 4.55. The maximum atomic E-state index is 8.18. The normalized spacial score (nSPS) is 13.7. The summed E-state index contributed by atoms with van der Waals surface area (Å²) < 4.78 is 5.09. The summed E-state index contributed by atoms with van der Waals surface area (Å²) in [6, 6.07) is 0.409. The second-order valence-corrected chi connectivity index (χ2v) is 5.04. The zero-order valence-corrected chi connectivity index (χ0v) is 11.1. The first-order valence-corrected chi connectivity index (χ1v) is 5.69. The molecule has 0 aliphatic heterocycles. The van der Waals surface area contributed by atoms with E-state index in [0.29, 0.717) is 18.5 Å². The van der Waals surface area contributed by atoms with E-state index in [1.54, 1.807) is 7.11 Å². The molecular weight excluding hydrogens is 188 g/mol. The van der Waals surface area contributed by atoms with Crippen LogP contribution in [-0.4, -0.2) is 37.0 Å². The van der Waals surface area contributed by atoms with Gasteiger partial charge in [0.1, 0.15) is 5.84 Å². The largest absolute Gasteiger partial charge is 0.383 e. The Morgan fingerprint density at radius 1 is 1.40 bits per heavy atom. The third-order valence-electron chi connectivity index (χ3n) is 2.66. The van der Waals surface area contributed by atoms with Crippen molar-refractivity contribution in [3.05, 3.63) is 0 Å². The molecule has 0 saturated carbocycles. The topological polar surface area (TPSA) is 36.3 Å². The molecule has 1 atom stereocenters. The third kappa shape index (κ3) is 4.65. The van der Waals surface area contributed by atoms with E-state index in [2.05, 4.69) is 39.5 Å². The van der Waals surface area contributed by atoms with Crippen LogP contribution in [0.3, 0.4) is 0 Å². The number of hydrogen-bond acceptors (Lipinski definition) is 2. The van der Waals surface area contributed by atoms with Gasteiger partial charge >= 0.3 is 0 Å². The summed E-state index contributed by atoms with van der Waals surface area (Å²) in [4.78, 5) is 2.14. The van der Waals surface area contributed by atoms with Gasteiger partial charge in [0.2, 0.25) is 0 Å². The van der Waals surface area contributed by atoms with Crippen LogP contribution in [0.1, 0.15) is 41.0 Å². The summed E-state index contributed by atoms with van der Waals surface area (Å²) in [5.41, 5.74) is -0.0861. The Hall–Kier alpha value is -0.570. The van der Waals surface area contributed by atoms with Crippen molar-refractivity contribution in [2.24, 2.45) is 5.41 Å². The lowest BCUT2D eigenvalue weighted by atomic mass is 9.93. The first kappa shape index (κ1) is 14.4. The van der Waals surface area contributed by atoms with Gasteiger partial charge in [0.25, 0.3) is 0 Å². The van der Waals surface area contributed by atoms with Crippen molar-refractivity contribution in [2.45, 2.75) is 47.1 Å². The lowest BCUT2D eigenvalue weighted by Crippen LogP contribution is -2.45. The lowest BCUT2D eigenvalue weighted by molar-refractivity contribution is 0.157. The number of nitrogens with zero attached hydrogens (tertiary/aromatic N) is 1. The summed E-state index contributed by atoms with van der Waals surface area (Å²) >= 11 is 0. The first-order valence-electron chi connectivity index (χ1n) is 5.69. The van der Waals surface area contributed by atoms with Crippen LogP contribution in [0.5, 0.6) is 0 Å². The molecule has 0 aromatic rings. The van der Waals surface area contributed by atoms with Gasteiger partial charge in [-0.3, -0.25) is 5.41 Å². The van der Waals surface area contributed by atoms with E-state index in [1.165, 1.54) is 0 Å². The smallest absolute Gasteiger partial charge is 0.102 e. The van der Waals surface area contributed by atoms with Crippen molar-refractivity contribution in [2.75, 3.05) is 20.3 Å². The number of nitrogens with one attached hydrogen (secondary N) is 1. The Labute approximate surface area is 94.3 Å². The molecule has 15 heavy (non-hydrogen) atoms. The van der Waals surface area contributed by atoms with Crippen molar-refractivity contribution in [3.8, 4) is 0 Å². The van der Waals surface area contributed by atoms with Crippen LogP contribution in [0.25, 0.3) is 0 Å². The zero-order chi connectivity index (χ0) is 12.1. The molecule has 3 nitrogen and oxygen atoms in total. The van der Waals surface area contributed by atoms with Crippen molar-refractivity contribution < 1.29 is 4.74 Å². The van der Waals surface area contributed by atoms with E-state index in [9.17, 15) is 0 Å². The highest BCUT2D eigenvalue weighted by molar-refractivity contribution is 5.84. The molecule has 1 N–H and O–H groups in total. The average Bonchev–Trinajstić information content (AvgIpc) is 2.16. The molecule has 0 aliphatic carbocycles. The lowest BCUT2D eigenvalue weighted by Gasteiger charge is -2.36. The SMILES string of the molecule is CCC(C)N(CCOC)C(=N)C(C)(C)C. The summed E-state index contributed by atoms with van der Waals surface area (Å²) in [5, 5.41) is 8.18. The van der Waals surface area contributed by atoms with Gasteiger partial charge in [-0.1, -0.05) is 27.7 Å². The molecule has 0 saturated heterocycles. The van der Waals surface area contributed by atoms with Crippen molar-refractivity contribution in [1.82, 2.24) is 4.90 Å². The molecule has 0 aromatic heterocycles. The minimum Gasteiger partial charge on any atom is -0.383 e. The van der Waals surface area contributed by atoms with Gasteiger partial charge in [-0.05, 0) is 13.3 Å². The molecule has 0 amide bonds. The monoisotopic (exact) mass is 214 g/mol. The van der Waals surface area contributed by atoms with Gasteiger partial charge in [-0.25, -0.2) is 0 Å². The Morgan fingerprint density at radius 3 is 2.27 bits per heavy atom. The number of rotatable bonds is 5. The highest BCUT2D eigenvalue weighted by Gasteiger charge is 2.25. The number of methoxy groups -OCH3 is 1. The van der Waals surface area contributed by atoms with E-state index in [4.69, 9.17) is 10.1 Å². The second kappa shape index (κ2) is 6.11. The summed E-state index contributed by atoms with van der Waals surface area (Å²) in [7, 11) is 1.70. The average molecular weight is 214 g/mol. The third-order valence-corrected chi connectivity index (χ3v) is 2.66. The molecule has 3 heteroatoms.